The molecule has 16 heavy (non-hydrogen) atoms. The maximum absolute atomic E-state index is 10.8. The van der Waals surface area contributed by atoms with Gasteiger partial charge >= 0.3 is 11.8 Å². The normalized spacial score (nSPS) is 9.62. The number of esters is 1. The molecule has 1 heterocycles. The molecule has 0 N–H and O–H groups in total. The van der Waals surface area contributed by atoms with Crippen molar-refractivity contribution in [3.63, 3.8) is 0 Å². The summed E-state index contributed by atoms with van der Waals surface area (Å²) in [5, 5.41) is 10.6. The quantitative estimate of drug-likeness (QED) is 0.429. The van der Waals surface area contributed by atoms with E-state index in [1.54, 1.807) is 13.0 Å². The number of carbonyl (C=O) groups is 1. The van der Waals surface area contributed by atoms with Crippen molar-refractivity contribution in [1.82, 2.24) is 4.98 Å². The van der Waals surface area contributed by atoms with Crippen molar-refractivity contribution in [1.29, 1.82) is 0 Å². The Morgan fingerprint density at radius 2 is 2.25 bits per heavy atom. The molecule has 86 valence electrons. The lowest BCUT2D eigenvalue weighted by Gasteiger charge is -2.04. The molecule has 0 fully saturated rings. The van der Waals surface area contributed by atoms with Gasteiger partial charge in [-0.3, -0.25) is 0 Å². The van der Waals surface area contributed by atoms with Gasteiger partial charge in [-0.25, -0.2) is 4.79 Å². The highest BCUT2D eigenvalue weighted by Crippen LogP contribution is 2.24. The van der Waals surface area contributed by atoms with Crippen molar-refractivity contribution in [2.75, 3.05) is 13.7 Å². The summed E-state index contributed by atoms with van der Waals surface area (Å²) in [7, 11) is 1.20. The van der Waals surface area contributed by atoms with Gasteiger partial charge in [-0.05, 0) is 22.0 Å². The van der Waals surface area contributed by atoms with Gasteiger partial charge in [0.2, 0.25) is 5.75 Å². The Labute approximate surface area is 91.2 Å². The van der Waals surface area contributed by atoms with Crippen LogP contribution in [0.15, 0.2) is 12.1 Å². The molecule has 0 saturated heterocycles. The third-order valence-corrected chi connectivity index (χ3v) is 1.72. The molecule has 7 heteroatoms. The minimum absolute atomic E-state index is 0.0546. The Morgan fingerprint density at radius 1 is 1.56 bits per heavy atom. The number of carbonyl (C=O) groups excluding carboxylic acids is 1. The van der Waals surface area contributed by atoms with E-state index >= 15 is 0 Å². The average molecular weight is 226 g/mol. The highest BCUT2D eigenvalue weighted by atomic mass is 16.6. The molecule has 0 aliphatic heterocycles. The van der Waals surface area contributed by atoms with Crippen LogP contribution in [0.1, 0.15) is 5.69 Å². The Balaban J connectivity index is 2.87. The Kier molecular flexibility index (Phi) is 3.76. The van der Waals surface area contributed by atoms with E-state index < -0.39 is 16.7 Å². The first-order chi connectivity index (χ1) is 7.54. The summed E-state index contributed by atoms with van der Waals surface area (Å²) in [4.78, 5) is 24.5. The fraction of sp³-hybridized carbons (Fsp3) is 0.333. The highest BCUT2D eigenvalue weighted by molar-refractivity contribution is 5.71. The summed E-state index contributed by atoms with van der Waals surface area (Å²) >= 11 is 0. The number of aryl methyl sites for hydroxylation is 1. The molecule has 1 rings (SSSR count). The third-order valence-electron chi connectivity index (χ3n) is 1.72. The van der Waals surface area contributed by atoms with Gasteiger partial charge in [0.15, 0.2) is 6.61 Å². The molecule has 0 atom stereocenters. The first-order valence-corrected chi connectivity index (χ1v) is 4.36. The van der Waals surface area contributed by atoms with E-state index in [2.05, 4.69) is 9.72 Å². The predicted molar refractivity (Wildman–Crippen MR) is 53.1 cm³/mol. The van der Waals surface area contributed by atoms with E-state index in [4.69, 9.17) is 4.74 Å². The van der Waals surface area contributed by atoms with E-state index in [9.17, 15) is 14.9 Å². The number of nitro groups is 1. The average Bonchev–Trinajstić information content (AvgIpc) is 2.26. The SMILES string of the molecule is COC(=O)COc1ccc(C)nc1[N+](=O)[O-]. The molecule has 1 aromatic rings. The molecule has 1 aromatic heterocycles. The van der Waals surface area contributed by atoms with Crippen LogP contribution in [0.2, 0.25) is 0 Å². The van der Waals surface area contributed by atoms with Gasteiger partial charge in [0.05, 0.1) is 7.11 Å². The zero-order valence-corrected chi connectivity index (χ0v) is 8.80. The summed E-state index contributed by atoms with van der Waals surface area (Å²) in [6.07, 6.45) is 0. The van der Waals surface area contributed by atoms with Crippen LogP contribution in [0.25, 0.3) is 0 Å². The second kappa shape index (κ2) is 5.06. The lowest BCUT2D eigenvalue weighted by Crippen LogP contribution is -2.13. The number of nitrogens with zero attached hydrogens (tertiary/aromatic N) is 2. The maximum atomic E-state index is 10.8. The van der Waals surface area contributed by atoms with E-state index in [-0.39, 0.29) is 12.4 Å². The van der Waals surface area contributed by atoms with Crippen molar-refractivity contribution in [2.24, 2.45) is 0 Å². The summed E-state index contributed by atoms with van der Waals surface area (Å²) in [6.45, 7) is 1.24. The van der Waals surface area contributed by atoms with Gasteiger partial charge in [-0.1, -0.05) is 0 Å². The summed E-state index contributed by atoms with van der Waals surface area (Å²) in [5.74, 6) is -1.08. The molecule has 0 aliphatic rings. The van der Waals surface area contributed by atoms with Crippen molar-refractivity contribution in [3.8, 4) is 5.75 Å². The Morgan fingerprint density at radius 3 is 2.81 bits per heavy atom. The highest BCUT2D eigenvalue weighted by Gasteiger charge is 2.18. The molecule has 0 radical (unpaired) electrons. The zero-order valence-electron chi connectivity index (χ0n) is 8.80. The largest absolute Gasteiger partial charge is 0.474 e. The molecule has 0 amide bonds. The molecule has 0 aliphatic carbocycles. The van der Waals surface area contributed by atoms with Gasteiger partial charge in [0, 0.05) is 6.92 Å². The van der Waals surface area contributed by atoms with Crippen LogP contribution < -0.4 is 4.74 Å². The van der Waals surface area contributed by atoms with E-state index in [1.807, 2.05) is 0 Å². The molecule has 0 saturated carbocycles. The predicted octanol–water partition coefficient (Wildman–Crippen LogP) is 0.850. The number of ether oxygens (including phenoxy) is 2. The smallest absolute Gasteiger partial charge is 0.406 e. The number of hydrogen-bond donors (Lipinski definition) is 0. The lowest BCUT2D eigenvalue weighted by atomic mass is 10.3. The first-order valence-electron chi connectivity index (χ1n) is 4.36. The zero-order chi connectivity index (χ0) is 12.1. The summed E-state index contributed by atoms with van der Waals surface area (Å²) in [5.41, 5.74) is 0.497. The number of rotatable bonds is 4. The Hall–Kier alpha value is -2.18. The van der Waals surface area contributed by atoms with Crippen LogP contribution in [-0.4, -0.2) is 29.6 Å². The van der Waals surface area contributed by atoms with Crippen molar-refractivity contribution in [2.45, 2.75) is 6.92 Å². The fourth-order valence-corrected chi connectivity index (χ4v) is 0.969. The Bertz CT molecular complexity index is 418. The van der Waals surface area contributed by atoms with Crippen LogP contribution in [0.4, 0.5) is 5.82 Å². The summed E-state index contributed by atoms with van der Waals surface area (Å²) < 4.78 is 9.27. The number of hydrogen-bond acceptors (Lipinski definition) is 6. The number of methoxy groups -OCH3 is 1. The van der Waals surface area contributed by atoms with E-state index in [0.717, 1.165) is 0 Å². The number of aromatic nitrogens is 1. The van der Waals surface area contributed by atoms with Crippen molar-refractivity contribution >= 4 is 11.8 Å². The van der Waals surface area contributed by atoms with Crippen LogP contribution in [0.3, 0.4) is 0 Å². The van der Waals surface area contributed by atoms with E-state index in [0.29, 0.717) is 5.69 Å². The fourth-order valence-electron chi connectivity index (χ4n) is 0.969. The standard InChI is InChI=1S/C9H10N2O5/c1-6-3-4-7(9(10-6)11(13)14)16-5-8(12)15-2/h3-4H,5H2,1-2H3. The van der Waals surface area contributed by atoms with Crippen LogP contribution in [0.5, 0.6) is 5.75 Å². The maximum Gasteiger partial charge on any atom is 0.406 e. The minimum atomic E-state index is -0.667. The first kappa shape index (κ1) is 11.9. The van der Waals surface area contributed by atoms with Crippen LogP contribution in [-0.2, 0) is 9.53 Å². The van der Waals surface area contributed by atoms with Crippen LogP contribution >= 0.6 is 0 Å². The summed E-state index contributed by atoms with van der Waals surface area (Å²) in [6, 6.07) is 2.95. The van der Waals surface area contributed by atoms with Gasteiger partial charge in [0.25, 0.3) is 0 Å². The van der Waals surface area contributed by atoms with Gasteiger partial charge in [-0.15, -0.1) is 0 Å². The second-order valence-electron chi connectivity index (χ2n) is 2.90. The third kappa shape index (κ3) is 2.91. The van der Waals surface area contributed by atoms with Crippen LogP contribution in [0, 0.1) is 17.0 Å². The van der Waals surface area contributed by atoms with Crippen molar-refractivity contribution in [3.05, 3.63) is 27.9 Å². The second-order valence-corrected chi connectivity index (χ2v) is 2.90. The molecule has 0 aromatic carbocycles. The van der Waals surface area contributed by atoms with Gasteiger partial charge < -0.3 is 19.6 Å². The monoisotopic (exact) mass is 226 g/mol. The molecule has 7 nitrogen and oxygen atoms in total. The van der Waals surface area contributed by atoms with E-state index in [1.165, 1.54) is 13.2 Å². The lowest BCUT2D eigenvalue weighted by molar-refractivity contribution is -0.390. The molecule has 0 bridgehead atoms. The minimum Gasteiger partial charge on any atom is -0.474 e. The molecule has 0 spiro atoms. The number of pyridine rings is 1. The van der Waals surface area contributed by atoms with Crippen molar-refractivity contribution < 1.29 is 19.2 Å². The topological polar surface area (TPSA) is 91.6 Å². The molecular weight excluding hydrogens is 216 g/mol. The molecular formula is C9H10N2O5. The van der Waals surface area contributed by atoms with Gasteiger partial charge in [-0.2, -0.15) is 0 Å². The van der Waals surface area contributed by atoms with Gasteiger partial charge in [0.1, 0.15) is 5.69 Å². The molecule has 0 unspecified atom stereocenters.